The molecule has 0 unspecified atom stereocenters. The Kier molecular flexibility index (Phi) is 3.46. The largest absolute Gasteiger partial charge is 0.304 e. The van der Waals surface area contributed by atoms with E-state index in [1.165, 1.54) is 11.1 Å². The average molecular weight is 167 g/mol. The van der Waals surface area contributed by atoms with E-state index in [9.17, 15) is 0 Å². The Hall–Kier alpha value is -0.470. The Balaban J connectivity index is 2.62. The van der Waals surface area contributed by atoms with Crippen molar-refractivity contribution < 1.29 is 0 Å². The van der Waals surface area contributed by atoms with Gasteiger partial charge in [0.25, 0.3) is 0 Å². The fourth-order valence-electron chi connectivity index (χ4n) is 0.999. The summed E-state index contributed by atoms with van der Waals surface area (Å²) in [4.78, 5) is 0. The Morgan fingerprint density at radius 1 is 1.36 bits per heavy atom. The van der Waals surface area contributed by atoms with E-state index in [0.717, 1.165) is 12.4 Å². The Morgan fingerprint density at radius 3 is 2.73 bits per heavy atom. The quantitative estimate of drug-likeness (QED) is 0.518. The summed E-state index contributed by atoms with van der Waals surface area (Å²) in [6, 6.07) is 8.36. The zero-order chi connectivity index (χ0) is 8.10. The van der Waals surface area contributed by atoms with Crippen molar-refractivity contribution >= 4 is 12.6 Å². The van der Waals surface area contributed by atoms with Crippen molar-refractivity contribution in [2.75, 3.05) is 5.88 Å². The predicted octanol–water partition coefficient (Wildman–Crippen LogP) is 1.97. The van der Waals surface area contributed by atoms with Gasteiger partial charge in [0.2, 0.25) is 0 Å². The first-order chi connectivity index (χ1) is 5.34. The van der Waals surface area contributed by atoms with Crippen LogP contribution in [0.4, 0.5) is 0 Å². The molecule has 0 saturated carbocycles. The van der Waals surface area contributed by atoms with Gasteiger partial charge in [0.1, 0.15) is 0 Å². The molecule has 1 nitrogen and oxygen atoms in total. The zero-order valence-electron chi connectivity index (χ0n) is 6.67. The molecule has 0 aliphatic rings. The summed E-state index contributed by atoms with van der Waals surface area (Å²) in [6.07, 6.45) is 0. The van der Waals surface area contributed by atoms with E-state index in [-0.39, 0.29) is 0 Å². The second-order valence-electron chi connectivity index (χ2n) is 2.51. The van der Waals surface area contributed by atoms with Gasteiger partial charge in [0.15, 0.2) is 0 Å². The van der Waals surface area contributed by atoms with E-state index in [4.69, 9.17) is 0 Å². The summed E-state index contributed by atoms with van der Waals surface area (Å²) < 4.78 is 0. The lowest BCUT2D eigenvalue weighted by atomic mass is 10.1. The molecule has 1 rings (SSSR count). The molecule has 0 bridgehead atoms. The van der Waals surface area contributed by atoms with Crippen LogP contribution in [0.3, 0.4) is 0 Å². The molecular weight excluding hydrogens is 154 g/mol. The Morgan fingerprint density at radius 2 is 2.09 bits per heavy atom. The summed E-state index contributed by atoms with van der Waals surface area (Å²) in [5, 5.41) is 3.17. The van der Waals surface area contributed by atoms with Crippen LogP contribution in [-0.2, 0) is 6.54 Å². The van der Waals surface area contributed by atoms with Gasteiger partial charge in [-0.2, -0.15) is 12.6 Å². The number of thiol groups is 1. The first kappa shape index (κ1) is 8.62. The highest BCUT2D eigenvalue weighted by Gasteiger charge is 1.93. The van der Waals surface area contributed by atoms with E-state index in [1.54, 1.807) is 0 Å². The standard InChI is InChI=1S/C9H13NS/c1-8-4-2-3-5-9(8)6-10-7-11/h2-5,10-11H,6-7H2,1H3. The SMILES string of the molecule is Cc1ccccc1CNCS. The van der Waals surface area contributed by atoms with E-state index in [0.29, 0.717) is 0 Å². The van der Waals surface area contributed by atoms with Crippen molar-refractivity contribution in [2.24, 2.45) is 0 Å². The molecule has 0 aromatic heterocycles. The van der Waals surface area contributed by atoms with Crippen LogP contribution in [0.2, 0.25) is 0 Å². The minimum absolute atomic E-state index is 0.730. The van der Waals surface area contributed by atoms with E-state index in [2.05, 4.69) is 49.1 Å². The Labute approximate surface area is 73.2 Å². The van der Waals surface area contributed by atoms with E-state index < -0.39 is 0 Å². The summed E-state index contributed by atoms with van der Waals surface area (Å²) in [6.45, 7) is 3.03. The van der Waals surface area contributed by atoms with Crippen LogP contribution in [0.25, 0.3) is 0 Å². The van der Waals surface area contributed by atoms with Crippen LogP contribution < -0.4 is 5.32 Å². The summed E-state index contributed by atoms with van der Waals surface area (Å²) in [7, 11) is 0. The highest BCUT2D eigenvalue weighted by atomic mass is 32.1. The molecule has 2 heteroatoms. The van der Waals surface area contributed by atoms with Crippen molar-refractivity contribution in [3.63, 3.8) is 0 Å². The van der Waals surface area contributed by atoms with Crippen LogP contribution in [0.15, 0.2) is 24.3 Å². The number of nitrogens with one attached hydrogen (secondary N) is 1. The second-order valence-corrected chi connectivity index (χ2v) is 2.83. The number of rotatable bonds is 3. The third-order valence-corrected chi connectivity index (χ3v) is 1.91. The van der Waals surface area contributed by atoms with Crippen molar-refractivity contribution in [3.8, 4) is 0 Å². The fourth-order valence-corrected chi connectivity index (χ4v) is 1.11. The molecule has 1 N–H and O–H groups in total. The molecule has 0 fully saturated rings. The highest BCUT2D eigenvalue weighted by Crippen LogP contribution is 2.05. The van der Waals surface area contributed by atoms with Crippen LogP contribution >= 0.6 is 12.6 Å². The monoisotopic (exact) mass is 167 g/mol. The third-order valence-electron chi connectivity index (χ3n) is 1.69. The highest BCUT2D eigenvalue weighted by molar-refractivity contribution is 7.80. The average Bonchev–Trinajstić information content (AvgIpc) is 2.03. The number of hydrogen-bond acceptors (Lipinski definition) is 2. The van der Waals surface area contributed by atoms with Crippen LogP contribution in [-0.4, -0.2) is 5.88 Å². The summed E-state index contributed by atoms with van der Waals surface area (Å²) in [5.74, 6) is 0.730. The smallest absolute Gasteiger partial charge is 0.0390 e. The lowest BCUT2D eigenvalue weighted by molar-refractivity contribution is 0.793. The molecule has 1 aromatic carbocycles. The van der Waals surface area contributed by atoms with Crippen molar-refractivity contribution in [1.82, 2.24) is 5.32 Å². The molecule has 11 heavy (non-hydrogen) atoms. The topological polar surface area (TPSA) is 12.0 Å². The van der Waals surface area contributed by atoms with Gasteiger partial charge in [-0.15, -0.1) is 0 Å². The van der Waals surface area contributed by atoms with Crippen molar-refractivity contribution in [3.05, 3.63) is 35.4 Å². The lowest BCUT2D eigenvalue weighted by Gasteiger charge is -2.04. The predicted molar refractivity (Wildman–Crippen MR) is 51.9 cm³/mol. The van der Waals surface area contributed by atoms with Crippen molar-refractivity contribution in [2.45, 2.75) is 13.5 Å². The molecule has 0 aliphatic carbocycles. The van der Waals surface area contributed by atoms with Gasteiger partial charge in [-0.3, -0.25) is 0 Å². The number of aryl methyl sites for hydroxylation is 1. The number of hydrogen-bond donors (Lipinski definition) is 2. The molecule has 0 saturated heterocycles. The van der Waals surface area contributed by atoms with Gasteiger partial charge >= 0.3 is 0 Å². The molecule has 0 aliphatic heterocycles. The van der Waals surface area contributed by atoms with Gasteiger partial charge in [0.05, 0.1) is 0 Å². The third kappa shape index (κ3) is 2.56. The lowest BCUT2D eigenvalue weighted by Crippen LogP contribution is -2.10. The fraction of sp³-hybridized carbons (Fsp3) is 0.333. The normalized spacial score (nSPS) is 10.0. The van der Waals surface area contributed by atoms with Gasteiger partial charge < -0.3 is 5.32 Å². The molecule has 0 radical (unpaired) electrons. The minimum atomic E-state index is 0.730. The maximum atomic E-state index is 4.07. The summed E-state index contributed by atoms with van der Waals surface area (Å²) in [5.41, 5.74) is 2.68. The van der Waals surface area contributed by atoms with Gasteiger partial charge in [-0.1, -0.05) is 24.3 Å². The maximum Gasteiger partial charge on any atom is 0.0390 e. The molecule has 0 heterocycles. The zero-order valence-corrected chi connectivity index (χ0v) is 7.57. The maximum absolute atomic E-state index is 4.07. The molecule has 1 aromatic rings. The second kappa shape index (κ2) is 4.42. The van der Waals surface area contributed by atoms with E-state index in [1.807, 2.05) is 0 Å². The Bertz CT molecular complexity index is 223. The van der Waals surface area contributed by atoms with Gasteiger partial charge in [-0.25, -0.2) is 0 Å². The first-order valence-corrected chi connectivity index (χ1v) is 4.34. The summed E-state index contributed by atoms with van der Waals surface area (Å²) >= 11 is 4.07. The minimum Gasteiger partial charge on any atom is -0.304 e. The van der Waals surface area contributed by atoms with Gasteiger partial charge in [-0.05, 0) is 18.1 Å². The van der Waals surface area contributed by atoms with Gasteiger partial charge in [0, 0.05) is 12.4 Å². The van der Waals surface area contributed by atoms with Crippen LogP contribution in [0.1, 0.15) is 11.1 Å². The molecule has 0 atom stereocenters. The first-order valence-electron chi connectivity index (χ1n) is 3.70. The molecule has 60 valence electrons. The van der Waals surface area contributed by atoms with Crippen molar-refractivity contribution in [1.29, 1.82) is 0 Å². The molecule has 0 spiro atoms. The molecular formula is C9H13NS. The number of benzene rings is 1. The van der Waals surface area contributed by atoms with Crippen LogP contribution in [0.5, 0.6) is 0 Å². The van der Waals surface area contributed by atoms with E-state index >= 15 is 0 Å². The molecule has 0 amide bonds. The van der Waals surface area contributed by atoms with Crippen LogP contribution in [0, 0.1) is 6.92 Å².